The van der Waals surface area contributed by atoms with E-state index in [4.69, 9.17) is 4.74 Å². The maximum absolute atomic E-state index is 11.6. The van der Waals surface area contributed by atoms with Crippen molar-refractivity contribution in [2.75, 3.05) is 46.9 Å². The zero-order valence-electron chi connectivity index (χ0n) is 13.0. The topological polar surface area (TPSA) is 66.0 Å². The van der Waals surface area contributed by atoms with Gasteiger partial charge in [0.25, 0.3) is 0 Å². The molecule has 21 heavy (non-hydrogen) atoms. The maximum Gasteiger partial charge on any atom is 0.239 e. The van der Waals surface area contributed by atoms with Crippen LogP contribution in [0.3, 0.4) is 0 Å². The molecule has 1 amide bonds. The van der Waals surface area contributed by atoms with Crippen molar-refractivity contribution in [1.82, 2.24) is 15.5 Å². The summed E-state index contributed by atoms with van der Waals surface area (Å²) in [4.78, 5) is 18.2. The zero-order valence-corrected chi connectivity index (χ0v) is 15.3. The molecule has 0 bridgehead atoms. The molecule has 1 saturated carbocycles. The Morgan fingerprint density at radius 1 is 1.33 bits per heavy atom. The number of halogens is 1. The Hall–Kier alpha value is -0.570. The fourth-order valence-corrected chi connectivity index (χ4v) is 3.05. The first-order valence-electron chi connectivity index (χ1n) is 7.40. The summed E-state index contributed by atoms with van der Waals surface area (Å²) >= 11 is 0. The number of hydrogen-bond donors (Lipinski definition) is 2. The van der Waals surface area contributed by atoms with Crippen molar-refractivity contribution in [3.8, 4) is 0 Å². The van der Waals surface area contributed by atoms with Crippen molar-refractivity contribution in [2.24, 2.45) is 10.4 Å². The van der Waals surface area contributed by atoms with E-state index in [1.807, 2.05) is 0 Å². The van der Waals surface area contributed by atoms with Crippen molar-refractivity contribution in [3.05, 3.63) is 0 Å². The van der Waals surface area contributed by atoms with Gasteiger partial charge in [-0.15, -0.1) is 24.0 Å². The summed E-state index contributed by atoms with van der Waals surface area (Å²) in [6.07, 6.45) is 5.31. The molecular weight excluding hydrogens is 383 g/mol. The van der Waals surface area contributed by atoms with Crippen molar-refractivity contribution in [1.29, 1.82) is 0 Å². The lowest BCUT2D eigenvalue weighted by Crippen LogP contribution is -2.46. The van der Waals surface area contributed by atoms with E-state index in [1.165, 1.54) is 25.7 Å². The highest BCUT2D eigenvalue weighted by Gasteiger charge is 2.43. The van der Waals surface area contributed by atoms with Crippen LogP contribution >= 0.6 is 24.0 Å². The van der Waals surface area contributed by atoms with Crippen molar-refractivity contribution < 1.29 is 9.53 Å². The van der Waals surface area contributed by atoms with Gasteiger partial charge in [-0.05, 0) is 24.7 Å². The van der Waals surface area contributed by atoms with Crippen LogP contribution in [0.4, 0.5) is 0 Å². The third-order valence-electron chi connectivity index (χ3n) is 4.40. The number of aliphatic imine (C=N–C) groups is 1. The number of nitrogens with zero attached hydrogens (tertiary/aromatic N) is 2. The molecule has 1 saturated heterocycles. The molecule has 2 fully saturated rings. The Kier molecular flexibility index (Phi) is 7.72. The summed E-state index contributed by atoms with van der Waals surface area (Å²) in [5, 5.41) is 5.94. The van der Waals surface area contributed by atoms with E-state index in [0.29, 0.717) is 18.6 Å². The normalized spacial score (nSPS) is 19.9. The second-order valence-electron chi connectivity index (χ2n) is 5.77. The number of carbonyl (C=O) groups is 1. The molecule has 2 rings (SSSR count). The Balaban J connectivity index is 0.00000220. The molecule has 1 heterocycles. The maximum atomic E-state index is 11.6. The Morgan fingerprint density at radius 2 is 2.10 bits per heavy atom. The SMILES string of the molecule is CN=C(NCC(=O)NCCOC)N1CCC2(CCC2)C1.I. The van der Waals surface area contributed by atoms with Gasteiger partial charge < -0.3 is 20.3 Å². The minimum Gasteiger partial charge on any atom is -0.383 e. The number of hydrogen-bond acceptors (Lipinski definition) is 3. The van der Waals surface area contributed by atoms with Gasteiger partial charge in [-0.3, -0.25) is 9.79 Å². The van der Waals surface area contributed by atoms with Gasteiger partial charge in [-0.1, -0.05) is 6.42 Å². The van der Waals surface area contributed by atoms with Gasteiger partial charge in [0.05, 0.1) is 13.2 Å². The van der Waals surface area contributed by atoms with E-state index < -0.39 is 0 Å². The Labute approximate surface area is 144 Å². The van der Waals surface area contributed by atoms with Gasteiger partial charge in [-0.2, -0.15) is 0 Å². The second-order valence-corrected chi connectivity index (χ2v) is 5.77. The molecule has 1 aliphatic carbocycles. The molecule has 0 unspecified atom stereocenters. The van der Waals surface area contributed by atoms with E-state index in [0.717, 1.165) is 19.0 Å². The summed E-state index contributed by atoms with van der Waals surface area (Å²) in [7, 11) is 3.40. The van der Waals surface area contributed by atoms with E-state index in [9.17, 15) is 4.79 Å². The summed E-state index contributed by atoms with van der Waals surface area (Å²) in [5.41, 5.74) is 0.540. The van der Waals surface area contributed by atoms with E-state index in [1.54, 1.807) is 14.2 Å². The fraction of sp³-hybridized carbons (Fsp3) is 0.857. The molecule has 2 aliphatic rings. The van der Waals surface area contributed by atoms with Crippen molar-refractivity contribution in [3.63, 3.8) is 0 Å². The average Bonchev–Trinajstić information content (AvgIpc) is 2.85. The van der Waals surface area contributed by atoms with Gasteiger partial charge in [0.15, 0.2) is 5.96 Å². The number of amides is 1. The third kappa shape index (κ3) is 4.98. The van der Waals surface area contributed by atoms with Crippen LogP contribution in [-0.2, 0) is 9.53 Å². The van der Waals surface area contributed by atoms with Crippen LogP contribution < -0.4 is 10.6 Å². The Bertz CT molecular complexity index is 372. The fourth-order valence-electron chi connectivity index (χ4n) is 3.05. The summed E-state index contributed by atoms with van der Waals surface area (Å²) in [6, 6.07) is 0. The highest BCUT2D eigenvalue weighted by Crippen LogP contribution is 2.47. The first kappa shape index (κ1) is 18.5. The van der Waals surface area contributed by atoms with Crippen LogP contribution in [0.25, 0.3) is 0 Å². The Morgan fingerprint density at radius 3 is 2.62 bits per heavy atom. The monoisotopic (exact) mass is 410 g/mol. The van der Waals surface area contributed by atoms with E-state index in [2.05, 4.69) is 20.5 Å². The summed E-state index contributed by atoms with van der Waals surface area (Å²) in [6.45, 7) is 3.47. The van der Waals surface area contributed by atoms with Crippen molar-refractivity contribution >= 4 is 35.8 Å². The second kappa shape index (κ2) is 8.77. The van der Waals surface area contributed by atoms with Gasteiger partial charge in [-0.25, -0.2) is 0 Å². The molecule has 0 radical (unpaired) electrons. The molecule has 1 aliphatic heterocycles. The molecule has 0 aromatic rings. The largest absolute Gasteiger partial charge is 0.383 e. The van der Waals surface area contributed by atoms with Crippen LogP contribution in [-0.4, -0.2) is 63.7 Å². The van der Waals surface area contributed by atoms with Gasteiger partial charge in [0.1, 0.15) is 0 Å². The molecule has 2 N–H and O–H groups in total. The number of likely N-dealkylation sites (tertiary alicyclic amines) is 1. The van der Waals surface area contributed by atoms with Crippen molar-refractivity contribution in [2.45, 2.75) is 25.7 Å². The van der Waals surface area contributed by atoms with Crippen LogP contribution in [0.1, 0.15) is 25.7 Å². The molecule has 0 atom stereocenters. The smallest absolute Gasteiger partial charge is 0.239 e. The molecule has 0 aromatic carbocycles. The van der Waals surface area contributed by atoms with Crippen LogP contribution in [0.5, 0.6) is 0 Å². The molecule has 0 aromatic heterocycles. The minimum atomic E-state index is -0.0271. The summed E-state index contributed by atoms with van der Waals surface area (Å²) in [5.74, 6) is 0.816. The lowest BCUT2D eigenvalue weighted by molar-refractivity contribution is -0.120. The number of ether oxygens (including phenoxy) is 1. The summed E-state index contributed by atoms with van der Waals surface area (Å²) < 4.78 is 4.89. The number of guanidine groups is 1. The number of carbonyl (C=O) groups excluding carboxylic acids is 1. The standard InChI is InChI=1S/C14H26N4O2.HI/c1-15-13(17-10-12(19)16-7-9-20-2)18-8-6-14(11-18)4-3-5-14;/h3-11H2,1-2H3,(H,15,17)(H,16,19);1H. The number of rotatable bonds is 5. The van der Waals surface area contributed by atoms with E-state index >= 15 is 0 Å². The third-order valence-corrected chi connectivity index (χ3v) is 4.40. The number of methoxy groups -OCH3 is 1. The first-order valence-corrected chi connectivity index (χ1v) is 7.40. The molecule has 1 spiro atoms. The highest BCUT2D eigenvalue weighted by molar-refractivity contribution is 14.0. The van der Waals surface area contributed by atoms with Crippen LogP contribution in [0.2, 0.25) is 0 Å². The quantitative estimate of drug-likeness (QED) is 0.305. The van der Waals surface area contributed by atoms with Crippen LogP contribution in [0.15, 0.2) is 4.99 Å². The van der Waals surface area contributed by atoms with Gasteiger partial charge in [0.2, 0.25) is 5.91 Å². The zero-order chi connectivity index (χ0) is 14.4. The predicted molar refractivity (Wildman–Crippen MR) is 94.1 cm³/mol. The van der Waals surface area contributed by atoms with Crippen LogP contribution in [0, 0.1) is 5.41 Å². The first-order chi connectivity index (χ1) is 9.69. The van der Waals surface area contributed by atoms with Gasteiger partial charge in [0, 0.05) is 33.8 Å². The molecular formula is C14H27IN4O2. The minimum absolute atomic E-state index is 0. The number of nitrogens with one attached hydrogen (secondary N) is 2. The highest BCUT2D eigenvalue weighted by atomic mass is 127. The molecule has 7 heteroatoms. The lowest BCUT2D eigenvalue weighted by atomic mass is 9.68. The predicted octanol–water partition coefficient (Wildman–Crippen LogP) is 0.818. The van der Waals surface area contributed by atoms with E-state index in [-0.39, 0.29) is 36.4 Å². The van der Waals surface area contributed by atoms with Gasteiger partial charge >= 0.3 is 0 Å². The lowest BCUT2D eigenvalue weighted by Gasteiger charge is -2.38. The average molecular weight is 410 g/mol. The molecule has 6 nitrogen and oxygen atoms in total. The molecule has 122 valence electrons.